The zero-order chi connectivity index (χ0) is 20.0. The number of rotatable bonds is 3. The van der Waals surface area contributed by atoms with E-state index in [1.165, 1.54) is 31.0 Å². The second-order valence-electron chi connectivity index (χ2n) is 5.85. The molecule has 0 aliphatic carbocycles. The van der Waals surface area contributed by atoms with E-state index in [2.05, 4.69) is 9.71 Å². The average Bonchev–Trinajstić information content (AvgIpc) is 2.83. The highest BCUT2D eigenvalue weighted by Gasteiger charge is 2.21. The minimum atomic E-state index is -2.46. The Balaban J connectivity index is 0.000000380. The van der Waals surface area contributed by atoms with Crippen LogP contribution in [0.5, 0.6) is 5.75 Å². The highest BCUT2D eigenvalue weighted by molar-refractivity contribution is 7.97. The van der Waals surface area contributed by atoms with Gasteiger partial charge in [-0.25, -0.2) is 18.2 Å². The Morgan fingerprint density at radius 2 is 1.96 bits per heavy atom. The monoisotopic (exact) mass is 419 g/mol. The Morgan fingerprint density at radius 1 is 1.33 bits per heavy atom. The third-order valence-corrected chi connectivity index (χ3v) is 4.88. The molecule has 0 bridgehead atoms. The van der Waals surface area contributed by atoms with Gasteiger partial charge in [-0.2, -0.15) is 0 Å². The molecule has 4 nitrogen and oxygen atoms in total. The number of fused-ring (bicyclic) bond motifs is 1. The molecule has 148 valence electrons. The summed E-state index contributed by atoms with van der Waals surface area (Å²) in [6.07, 6.45) is -0.0625. The fourth-order valence-corrected chi connectivity index (χ4v) is 3.10. The smallest absolute Gasteiger partial charge is 0.245 e. The van der Waals surface area contributed by atoms with Gasteiger partial charge in [0.05, 0.1) is 12.0 Å². The Kier molecular flexibility index (Phi) is 7.64. The predicted octanol–water partition coefficient (Wildman–Crippen LogP) is 5.68. The van der Waals surface area contributed by atoms with Crippen molar-refractivity contribution in [1.29, 1.82) is 0 Å². The number of halogens is 4. The first-order valence-corrected chi connectivity index (χ1v) is 9.49. The largest absolute Gasteiger partial charge is 0.493 e. The molecule has 1 aliphatic rings. The second kappa shape index (κ2) is 9.52. The molecule has 0 saturated heterocycles. The number of aromatic nitrogens is 1. The van der Waals surface area contributed by atoms with Crippen molar-refractivity contribution in [1.82, 2.24) is 9.71 Å². The van der Waals surface area contributed by atoms with E-state index in [-0.39, 0.29) is 12.2 Å². The van der Waals surface area contributed by atoms with E-state index in [1.54, 1.807) is 19.2 Å². The topological polar surface area (TPSA) is 37.4 Å². The molecule has 2 heterocycles. The van der Waals surface area contributed by atoms with Gasteiger partial charge >= 0.3 is 0 Å². The van der Waals surface area contributed by atoms with Gasteiger partial charge in [0.25, 0.3) is 0 Å². The average molecular weight is 420 g/mol. The summed E-state index contributed by atoms with van der Waals surface area (Å²) in [6, 6.07) is 8.19. The van der Waals surface area contributed by atoms with Crippen LogP contribution in [0.15, 0.2) is 35.2 Å². The standard InChI is InChI=1S/C14H13ClFN3OS.C4H8F2/c1-20-11-8-12-14(18-13(11)15)19(7-6-17-21-12)10-4-2-9(16)3-5-10;1-3-4(2,5)6/h2-5,8,17H,6-7H2,1H3;3H2,1-2H3. The summed E-state index contributed by atoms with van der Waals surface area (Å²) in [4.78, 5) is 7.36. The third-order valence-electron chi connectivity index (χ3n) is 3.74. The first-order valence-electron chi connectivity index (χ1n) is 8.30. The van der Waals surface area contributed by atoms with E-state index in [0.29, 0.717) is 17.4 Å². The summed E-state index contributed by atoms with van der Waals surface area (Å²) in [5, 5.41) is 0.311. The van der Waals surface area contributed by atoms with Gasteiger partial charge in [-0.05, 0) is 43.1 Å². The van der Waals surface area contributed by atoms with Crippen molar-refractivity contribution in [3.05, 3.63) is 41.3 Å². The molecular weight excluding hydrogens is 399 g/mol. The number of methoxy groups -OCH3 is 1. The van der Waals surface area contributed by atoms with Crippen molar-refractivity contribution in [2.24, 2.45) is 0 Å². The van der Waals surface area contributed by atoms with Gasteiger partial charge in [-0.3, -0.25) is 4.72 Å². The number of nitrogens with zero attached hydrogens (tertiary/aromatic N) is 2. The maximum absolute atomic E-state index is 13.1. The van der Waals surface area contributed by atoms with Crippen molar-refractivity contribution in [3.63, 3.8) is 0 Å². The Hall–Kier alpha value is -1.64. The summed E-state index contributed by atoms with van der Waals surface area (Å²) in [7, 11) is 1.56. The molecule has 0 unspecified atom stereocenters. The fraction of sp³-hybridized carbons (Fsp3) is 0.389. The van der Waals surface area contributed by atoms with Crippen molar-refractivity contribution in [2.45, 2.75) is 31.1 Å². The van der Waals surface area contributed by atoms with Crippen LogP contribution < -0.4 is 14.4 Å². The first kappa shape index (κ1) is 21.7. The maximum Gasteiger partial charge on any atom is 0.245 e. The third kappa shape index (κ3) is 6.19. The molecule has 0 radical (unpaired) electrons. The zero-order valence-electron chi connectivity index (χ0n) is 15.2. The molecule has 2 aromatic rings. The molecule has 0 amide bonds. The van der Waals surface area contributed by atoms with E-state index in [1.807, 2.05) is 11.0 Å². The number of nitrogens with one attached hydrogen (secondary N) is 1. The summed E-state index contributed by atoms with van der Waals surface area (Å²) in [6.45, 7) is 3.84. The minimum absolute atomic E-state index is 0.0625. The van der Waals surface area contributed by atoms with Crippen molar-refractivity contribution in [3.8, 4) is 5.75 Å². The van der Waals surface area contributed by atoms with Crippen LogP contribution in [0, 0.1) is 5.82 Å². The molecule has 0 saturated carbocycles. The lowest BCUT2D eigenvalue weighted by Gasteiger charge is -2.23. The van der Waals surface area contributed by atoms with Crippen LogP contribution in [-0.4, -0.2) is 31.1 Å². The van der Waals surface area contributed by atoms with Crippen molar-refractivity contribution < 1.29 is 17.9 Å². The molecule has 27 heavy (non-hydrogen) atoms. The number of pyridine rings is 1. The quantitative estimate of drug-likeness (QED) is 0.511. The van der Waals surface area contributed by atoms with Crippen molar-refractivity contribution in [2.75, 3.05) is 25.1 Å². The van der Waals surface area contributed by atoms with Gasteiger partial charge in [-0.15, -0.1) is 0 Å². The SMILES string of the molecule is CCC(C)(F)F.COc1cc2c(nc1Cl)N(c1ccc(F)cc1)CCNS2. The van der Waals surface area contributed by atoms with Crippen LogP contribution in [-0.2, 0) is 0 Å². The summed E-state index contributed by atoms with van der Waals surface area (Å²) in [5.74, 6) is -1.45. The van der Waals surface area contributed by atoms with Gasteiger partial charge in [0.15, 0.2) is 10.9 Å². The molecule has 0 spiro atoms. The molecule has 0 fully saturated rings. The van der Waals surface area contributed by atoms with Gasteiger partial charge in [0.2, 0.25) is 5.92 Å². The Labute approximate surface area is 166 Å². The highest BCUT2D eigenvalue weighted by Crippen LogP contribution is 2.38. The lowest BCUT2D eigenvalue weighted by atomic mass is 10.2. The zero-order valence-corrected chi connectivity index (χ0v) is 16.8. The summed E-state index contributed by atoms with van der Waals surface area (Å²) < 4.78 is 44.5. The molecule has 0 atom stereocenters. The summed E-state index contributed by atoms with van der Waals surface area (Å²) >= 11 is 7.62. The van der Waals surface area contributed by atoms with Crippen LogP contribution in [0.25, 0.3) is 0 Å². The number of anilines is 2. The molecular formula is C18H21ClF3N3OS. The minimum Gasteiger partial charge on any atom is -0.493 e. The molecule has 9 heteroatoms. The lowest BCUT2D eigenvalue weighted by molar-refractivity contribution is 0.0181. The van der Waals surface area contributed by atoms with Gasteiger partial charge < -0.3 is 9.64 Å². The summed E-state index contributed by atoms with van der Waals surface area (Å²) in [5.41, 5.74) is 0.871. The molecule has 1 aromatic heterocycles. The maximum atomic E-state index is 13.1. The van der Waals surface area contributed by atoms with E-state index < -0.39 is 5.92 Å². The van der Waals surface area contributed by atoms with Gasteiger partial charge in [-0.1, -0.05) is 18.5 Å². The highest BCUT2D eigenvalue weighted by atomic mass is 35.5. The number of ether oxygens (including phenoxy) is 1. The van der Waals surface area contributed by atoms with Crippen LogP contribution in [0.1, 0.15) is 20.3 Å². The van der Waals surface area contributed by atoms with E-state index >= 15 is 0 Å². The second-order valence-corrected chi connectivity index (χ2v) is 7.14. The van der Waals surface area contributed by atoms with Crippen LogP contribution in [0.2, 0.25) is 5.15 Å². The number of hydrogen-bond acceptors (Lipinski definition) is 5. The van der Waals surface area contributed by atoms with Crippen molar-refractivity contribution >= 4 is 35.1 Å². The van der Waals surface area contributed by atoms with Gasteiger partial charge in [0.1, 0.15) is 11.6 Å². The van der Waals surface area contributed by atoms with E-state index in [9.17, 15) is 13.2 Å². The number of hydrogen-bond donors (Lipinski definition) is 1. The Bertz CT molecular complexity index is 757. The molecule has 3 rings (SSSR count). The van der Waals surface area contributed by atoms with E-state index in [0.717, 1.165) is 29.9 Å². The normalized spacial score (nSPS) is 14.0. The number of benzene rings is 1. The molecule has 1 aromatic carbocycles. The Morgan fingerprint density at radius 3 is 2.52 bits per heavy atom. The van der Waals surface area contributed by atoms with E-state index in [4.69, 9.17) is 16.3 Å². The fourth-order valence-electron chi connectivity index (χ4n) is 2.12. The van der Waals surface area contributed by atoms with Crippen LogP contribution >= 0.6 is 23.5 Å². The van der Waals surface area contributed by atoms with Crippen LogP contribution in [0.4, 0.5) is 24.7 Å². The lowest BCUT2D eigenvalue weighted by Crippen LogP contribution is -2.24. The molecule has 1 N–H and O–H groups in total. The first-order chi connectivity index (χ1) is 12.7. The predicted molar refractivity (Wildman–Crippen MR) is 104 cm³/mol. The number of alkyl halides is 2. The molecule has 1 aliphatic heterocycles. The van der Waals surface area contributed by atoms with Gasteiger partial charge in [0, 0.05) is 31.3 Å². The van der Waals surface area contributed by atoms with Crippen LogP contribution in [0.3, 0.4) is 0 Å².